The maximum absolute atomic E-state index is 2.43. The van der Waals surface area contributed by atoms with Gasteiger partial charge in [-0.25, -0.2) is 0 Å². The molecule has 0 bridgehead atoms. The Hall–Kier alpha value is -6.58. The van der Waals surface area contributed by atoms with Crippen LogP contribution >= 0.6 is 0 Å². The zero-order chi connectivity index (χ0) is 32.3. The van der Waals surface area contributed by atoms with Gasteiger partial charge in [-0.05, 0) is 100 Å². The largest absolute Gasteiger partial charge is 0.316 e. The van der Waals surface area contributed by atoms with Gasteiger partial charge in [0, 0.05) is 50.8 Å². The summed E-state index contributed by atoms with van der Waals surface area (Å²) in [5, 5.41) is 8.66. The van der Waals surface area contributed by atoms with E-state index in [1.165, 1.54) is 54.3 Å². The Kier molecular flexibility index (Phi) is 6.18. The normalized spacial score (nSPS) is 11.7. The van der Waals surface area contributed by atoms with Crippen molar-refractivity contribution >= 4 is 71.3 Å². The molecule has 0 saturated carbocycles. The highest BCUT2D eigenvalue weighted by atomic mass is 15.1. The third-order valence-electron chi connectivity index (χ3n) is 9.89. The zero-order valence-corrected chi connectivity index (χ0v) is 26.7. The van der Waals surface area contributed by atoms with Crippen molar-refractivity contribution in [3.05, 3.63) is 188 Å². The third-order valence-corrected chi connectivity index (χ3v) is 9.89. The predicted molar refractivity (Wildman–Crippen MR) is 207 cm³/mol. The molecule has 10 aromatic rings. The highest BCUT2D eigenvalue weighted by Gasteiger charge is 2.18. The van der Waals surface area contributed by atoms with Gasteiger partial charge in [-0.3, -0.25) is 0 Å². The Morgan fingerprint density at radius 3 is 1.63 bits per heavy atom. The molecule has 8 aromatic carbocycles. The first-order valence-electron chi connectivity index (χ1n) is 16.8. The molecule has 2 aromatic heterocycles. The molecule has 0 aliphatic carbocycles. The molecule has 10 rings (SSSR count). The Morgan fingerprint density at radius 2 is 0.939 bits per heavy atom. The molecule has 3 nitrogen and oxygen atoms in total. The number of nitrogens with zero attached hydrogens (tertiary/aromatic N) is 3. The van der Waals surface area contributed by atoms with Gasteiger partial charge in [0.2, 0.25) is 0 Å². The van der Waals surface area contributed by atoms with Gasteiger partial charge >= 0.3 is 0 Å². The Morgan fingerprint density at radius 1 is 0.347 bits per heavy atom. The van der Waals surface area contributed by atoms with Crippen LogP contribution in [0.2, 0.25) is 0 Å². The monoisotopic (exact) mass is 625 g/mol. The Balaban J connectivity index is 1.16. The van der Waals surface area contributed by atoms with Crippen molar-refractivity contribution in [2.75, 3.05) is 4.90 Å². The van der Waals surface area contributed by atoms with Crippen LogP contribution < -0.4 is 4.90 Å². The minimum atomic E-state index is 1.11. The molecular formula is C46H31N3. The van der Waals surface area contributed by atoms with Crippen molar-refractivity contribution in [1.82, 2.24) is 9.13 Å². The molecule has 0 unspecified atom stereocenters. The van der Waals surface area contributed by atoms with E-state index in [0.29, 0.717) is 0 Å². The Labute approximate surface area is 284 Å². The van der Waals surface area contributed by atoms with Crippen molar-refractivity contribution < 1.29 is 0 Å². The number of para-hydroxylation sites is 2. The molecule has 2 heterocycles. The van der Waals surface area contributed by atoms with Crippen molar-refractivity contribution in [3.63, 3.8) is 0 Å². The van der Waals surface area contributed by atoms with E-state index >= 15 is 0 Å². The molecule has 0 N–H and O–H groups in total. The van der Waals surface area contributed by atoms with Gasteiger partial charge in [0.15, 0.2) is 0 Å². The van der Waals surface area contributed by atoms with Crippen LogP contribution in [0.3, 0.4) is 0 Å². The van der Waals surface area contributed by atoms with Gasteiger partial charge < -0.3 is 14.0 Å². The molecule has 0 radical (unpaired) electrons. The molecule has 0 aliphatic heterocycles. The molecule has 0 aliphatic rings. The van der Waals surface area contributed by atoms with Gasteiger partial charge in [0.1, 0.15) is 0 Å². The van der Waals surface area contributed by atoms with E-state index < -0.39 is 0 Å². The summed E-state index contributed by atoms with van der Waals surface area (Å²) in [6.45, 7) is 0. The first-order chi connectivity index (χ1) is 24.3. The van der Waals surface area contributed by atoms with E-state index in [-0.39, 0.29) is 0 Å². The fourth-order valence-corrected chi connectivity index (χ4v) is 7.59. The number of aromatic nitrogens is 2. The molecule has 3 heteroatoms. The number of benzene rings is 8. The molecule has 0 amide bonds. The van der Waals surface area contributed by atoms with E-state index in [1.807, 2.05) is 0 Å². The fraction of sp³-hybridized carbons (Fsp3) is 0. The topological polar surface area (TPSA) is 13.1 Å². The maximum atomic E-state index is 2.43. The molecular weight excluding hydrogens is 595 g/mol. The smallest absolute Gasteiger partial charge is 0.0635 e. The van der Waals surface area contributed by atoms with Crippen LogP contribution in [0.25, 0.3) is 65.6 Å². The minimum absolute atomic E-state index is 1.11. The van der Waals surface area contributed by atoms with Crippen LogP contribution in [0.5, 0.6) is 0 Å². The lowest BCUT2D eigenvalue weighted by atomic mass is 10.1. The molecule has 0 fully saturated rings. The second-order valence-corrected chi connectivity index (χ2v) is 12.7. The number of hydrogen-bond acceptors (Lipinski definition) is 1. The molecule has 0 spiro atoms. The van der Waals surface area contributed by atoms with Gasteiger partial charge in [-0.15, -0.1) is 0 Å². The van der Waals surface area contributed by atoms with Crippen molar-refractivity contribution in [2.24, 2.45) is 0 Å². The number of fused-ring (bicyclic) bond motifs is 7. The highest BCUT2D eigenvalue weighted by molar-refractivity contribution is 6.18. The molecule has 49 heavy (non-hydrogen) atoms. The molecule has 0 atom stereocenters. The zero-order valence-electron chi connectivity index (χ0n) is 26.7. The van der Waals surface area contributed by atoms with E-state index in [0.717, 1.165) is 28.4 Å². The van der Waals surface area contributed by atoms with Crippen molar-refractivity contribution in [2.45, 2.75) is 0 Å². The average Bonchev–Trinajstić information content (AvgIpc) is 3.75. The molecule has 0 saturated heterocycles. The number of rotatable bonds is 5. The SMILES string of the molecule is c1ccc(-n2ccc3c2ccc2c4ccccc4n(-c4ccc(N(c5ccc6ccccc6c5)c5ccc6ccccc6c5)cc4)c23)cc1. The first kappa shape index (κ1) is 27.5. The van der Waals surface area contributed by atoms with Crippen LogP contribution in [-0.2, 0) is 0 Å². The highest BCUT2D eigenvalue weighted by Crippen LogP contribution is 2.40. The average molecular weight is 626 g/mol. The summed E-state index contributed by atoms with van der Waals surface area (Å²) < 4.78 is 4.72. The van der Waals surface area contributed by atoms with Crippen LogP contribution in [0.15, 0.2) is 188 Å². The quantitative estimate of drug-likeness (QED) is 0.185. The number of anilines is 3. The van der Waals surface area contributed by atoms with Gasteiger partial charge in [-0.1, -0.05) is 103 Å². The van der Waals surface area contributed by atoms with E-state index in [1.54, 1.807) is 0 Å². The Bertz CT molecular complexity index is 2740. The van der Waals surface area contributed by atoms with Crippen LogP contribution in [0, 0.1) is 0 Å². The number of hydrogen-bond donors (Lipinski definition) is 0. The molecule has 230 valence electrons. The summed E-state index contributed by atoms with van der Waals surface area (Å²) in [5.74, 6) is 0. The van der Waals surface area contributed by atoms with E-state index in [9.17, 15) is 0 Å². The van der Waals surface area contributed by atoms with Crippen molar-refractivity contribution in [1.29, 1.82) is 0 Å². The maximum Gasteiger partial charge on any atom is 0.0635 e. The van der Waals surface area contributed by atoms with Crippen LogP contribution in [0.1, 0.15) is 0 Å². The third kappa shape index (κ3) is 4.44. The summed E-state index contributed by atoms with van der Waals surface area (Å²) in [6.07, 6.45) is 2.19. The second-order valence-electron chi connectivity index (χ2n) is 12.7. The lowest BCUT2D eigenvalue weighted by molar-refractivity contribution is 1.13. The fourth-order valence-electron chi connectivity index (χ4n) is 7.59. The summed E-state index contributed by atoms with van der Waals surface area (Å²) in [7, 11) is 0. The summed E-state index contributed by atoms with van der Waals surface area (Å²) in [6, 6.07) is 65.8. The summed E-state index contributed by atoms with van der Waals surface area (Å²) in [5.41, 5.74) is 9.27. The summed E-state index contributed by atoms with van der Waals surface area (Å²) in [4.78, 5) is 2.37. The van der Waals surface area contributed by atoms with E-state index in [4.69, 9.17) is 0 Å². The lowest BCUT2D eigenvalue weighted by Gasteiger charge is -2.26. The van der Waals surface area contributed by atoms with E-state index in [2.05, 4.69) is 202 Å². The summed E-state index contributed by atoms with van der Waals surface area (Å²) >= 11 is 0. The van der Waals surface area contributed by atoms with Gasteiger partial charge in [0.05, 0.1) is 16.6 Å². The van der Waals surface area contributed by atoms with Gasteiger partial charge in [0.25, 0.3) is 0 Å². The minimum Gasteiger partial charge on any atom is -0.316 e. The van der Waals surface area contributed by atoms with Crippen LogP contribution in [-0.4, -0.2) is 9.13 Å². The second kappa shape index (κ2) is 11.0. The van der Waals surface area contributed by atoms with Crippen molar-refractivity contribution in [3.8, 4) is 11.4 Å². The lowest BCUT2D eigenvalue weighted by Crippen LogP contribution is -2.10. The van der Waals surface area contributed by atoms with Crippen LogP contribution in [0.4, 0.5) is 17.1 Å². The van der Waals surface area contributed by atoms with Gasteiger partial charge in [-0.2, -0.15) is 0 Å². The standard InChI is InChI=1S/C46H31N3/c1-2-14-36(15-3-1)47-29-28-43-44(47)27-26-42-41-16-8-9-17-45(41)49(46(42)43)38-24-22-37(23-25-38)48(39-20-18-32-10-4-6-12-34(32)30-39)40-21-19-33-11-5-7-13-35(33)31-40/h1-31H. The predicted octanol–water partition coefficient (Wildman–Crippen LogP) is 12.5. The first-order valence-corrected chi connectivity index (χ1v) is 16.8.